The molecular weight excluding hydrogens is 432 g/mol. The summed E-state index contributed by atoms with van der Waals surface area (Å²) in [5.74, 6) is -0.382. The molecule has 0 radical (unpaired) electrons. The van der Waals surface area contributed by atoms with Crippen LogP contribution in [0.2, 0.25) is 0 Å². The van der Waals surface area contributed by atoms with Gasteiger partial charge in [-0.05, 0) is 71.5 Å². The second-order valence-corrected chi connectivity index (χ2v) is 9.76. The molecule has 0 heterocycles. The maximum absolute atomic E-state index is 13.2. The molecule has 0 aromatic heterocycles. The summed E-state index contributed by atoms with van der Waals surface area (Å²) in [6.45, 7) is 1.90. The maximum atomic E-state index is 13.2. The molecule has 1 amide bonds. The van der Waals surface area contributed by atoms with E-state index in [0.717, 1.165) is 22.3 Å². The molecular formula is C27H22N2O3S. The summed E-state index contributed by atoms with van der Waals surface area (Å²) in [5, 5.41) is 2.86. The summed E-state index contributed by atoms with van der Waals surface area (Å²) < 4.78 is 29.0. The van der Waals surface area contributed by atoms with Crippen LogP contribution in [0.25, 0.3) is 11.1 Å². The van der Waals surface area contributed by atoms with E-state index in [0.29, 0.717) is 12.1 Å². The van der Waals surface area contributed by atoms with Crippen molar-refractivity contribution in [3.05, 3.63) is 113 Å². The summed E-state index contributed by atoms with van der Waals surface area (Å²) in [6.07, 6.45) is 0.699. The Bertz CT molecular complexity index is 1490. The molecule has 33 heavy (non-hydrogen) atoms. The van der Waals surface area contributed by atoms with Crippen molar-refractivity contribution >= 4 is 27.3 Å². The number of hydrogen-bond donors (Lipinski definition) is 2. The van der Waals surface area contributed by atoms with Crippen molar-refractivity contribution in [2.75, 3.05) is 10.0 Å². The lowest BCUT2D eigenvalue weighted by Crippen LogP contribution is -2.19. The number of sulfonamides is 1. The minimum Gasteiger partial charge on any atom is -0.322 e. The van der Waals surface area contributed by atoms with Gasteiger partial charge in [0.25, 0.3) is 15.9 Å². The Morgan fingerprint density at radius 3 is 2.24 bits per heavy atom. The van der Waals surface area contributed by atoms with Crippen LogP contribution in [0.3, 0.4) is 0 Å². The summed E-state index contributed by atoms with van der Waals surface area (Å²) in [6, 6.07) is 27.3. The van der Waals surface area contributed by atoms with E-state index >= 15 is 0 Å². The molecule has 0 bridgehead atoms. The molecule has 0 spiro atoms. The van der Waals surface area contributed by atoms with Crippen LogP contribution >= 0.6 is 0 Å². The highest BCUT2D eigenvalue weighted by atomic mass is 32.2. The van der Waals surface area contributed by atoms with E-state index in [2.05, 4.69) is 22.2 Å². The van der Waals surface area contributed by atoms with E-state index in [4.69, 9.17) is 0 Å². The fourth-order valence-electron chi connectivity index (χ4n) is 4.17. The first kappa shape index (κ1) is 21.0. The Labute approximate surface area is 193 Å². The smallest absolute Gasteiger partial charge is 0.261 e. The van der Waals surface area contributed by atoms with Crippen molar-refractivity contribution in [1.29, 1.82) is 0 Å². The molecule has 6 heteroatoms. The van der Waals surface area contributed by atoms with Crippen molar-refractivity contribution in [3.63, 3.8) is 0 Å². The van der Waals surface area contributed by atoms with Gasteiger partial charge in [-0.25, -0.2) is 8.42 Å². The second kappa shape index (κ2) is 8.22. The zero-order valence-electron chi connectivity index (χ0n) is 18.0. The Balaban J connectivity index is 1.43. The number of benzene rings is 4. The van der Waals surface area contributed by atoms with Gasteiger partial charge in [0.1, 0.15) is 0 Å². The second-order valence-electron chi connectivity index (χ2n) is 8.07. The lowest BCUT2D eigenvalue weighted by atomic mass is 10.1. The highest BCUT2D eigenvalue weighted by Crippen LogP contribution is 2.37. The minimum atomic E-state index is -3.89. The zero-order chi connectivity index (χ0) is 23.0. The van der Waals surface area contributed by atoms with Gasteiger partial charge in [0.2, 0.25) is 0 Å². The predicted octanol–water partition coefficient (Wildman–Crippen LogP) is 5.62. The highest BCUT2D eigenvalue weighted by Gasteiger charge is 2.23. The van der Waals surface area contributed by atoms with E-state index in [1.54, 1.807) is 36.4 Å². The minimum absolute atomic E-state index is 0.170. The number of para-hydroxylation sites is 2. The molecule has 4 aromatic rings. The van der Waals surface area contributed by atoms with Crippen LogP contribution < -0.4 is 10.0 Å². The molecule has 0 atom stereocenters. The SMILES string of the molecule is Cc1ccccc1NC(=O)c1ccccc1NS(=O)(=O)c1ccc2c(c1)Cc1ccccc1-2. The van der Waals surface area contributed by atoms with E-state index in [1.807, 2.05) is 49.4 Å². The van der Waals surface area contributed by atoms with E-state index in [-0.39, 0.29) is 22.1 Å². The standard InChI is InChI=1S/C27H22N2O3S/c1-18-8-2-6-12-25(18)28-27(30)24-11-5-7-13-26(24)29-33(31,32)21-14-15-23-20(17-21)16-19-9-3-4-10-22(19)23/h2-15,17,29H,16H2,1H3,(H,28,30). The number of anilines is 2. The number of aryl methyl sites for hydroxylation is 1. The van der Waals surface area contributed by atoms with Crippen molar-refractivity contribution in [2.45, 2.75) is 18.2 Å². The van der Waals surface area contributed by atoms with Gasteiger partial charge in [0.15, 0.2) is 0 Å². The monoisotopic (exact) mass is 454 g/mol. The molecule has 2 N–H and O–H groups in total. The van der Waals surface area contributed by atoms with Crippen molar-refractivity contribution < 1.29 is 13.2 Å². The zero-order valence-corrected chi connectivity index (χ0v) is 18.8. The first-order chi connectivity index (χ1) is 15.9. The van der Waals surface area contributed by atoms with Crippen molar-refractivity contribution in [2.24, 2.45) is 0 Å². The van der Waals surface area contributed by atoms with Crippen molar-refractivity contribution in [3.8, 4) is 11.1 Å². The molecule has 0 saturated carbocycles. The van der Waals surface area contributed by atoms with E-state index in [9.17, 15) is 13.2 Å². The average Bonchev–Trinajstić information content (AvgIpc) is 3.18. The van der Waals surface area contributed by atoms with Gasteiger partial charge in [0, 0.05) is 5.69 Å². The highest BCUT2D eigenvalue weighted by molar-refractivity contribution is 7.92. The topological polar surface area (TPSA) is 75.3 Å². The fourth-order valence-corrected chi connectivity index (χ4v) is 5.30. The molecule has 1 aliphatic rings. The average molecular weight is 455 g/mol. The predicted molar refractivity (Wildman–Crippen MR) is 131 cm³/mol. The largest absolute Gasteiger partial charge is 0.322 e. The number of rotatable bonds is 5. The van der Waals surface area contributed by atoms with Gasteiger partial charge in [-0.1, -0.05) is 60.7 Å². The summed E-state index contributed by atoms with van der Waals surface area (Å²) in [7, 11) is -3.89. The molecule has 5 nitrogen and oxygen atoms in total. The first-order valence-electron chi connectivity index (χ1n) is 10.6. The maximum Gasteiger partial charge on any atom is 0.261 e. The lowest BCUT2D eigenvalue weighted by Gasteiger charge is -2.14. The fraction of sp³-hybridized carbons (Fsp3) is 0.0741. The molecule has 5 rings (SSSR count). The van der Waals surface area contributed by atoms with Gasteiger partial charge < -0.3 is 5.32 Å². The molecule has 0 unspecified atom stereocenters. The summed E-state index contributed by atoms with van der Waals surface area (Å²) >= 11 is 0. The number of carbonyl (C=O) groups is 1. The quantitative estimate of drug-likeness (QED) is 0.362. The summed E-state index contributed by atoms with van der Waals surface area (Å²) in [5.41, 5.74) is 6.44. The molecule has 0 aliphatic heterocycles. The third-order valence-corrected chi connectivity index (χ3v) is 7.25. The van der Waals surface area contributed by atoms with Crippen LogP contribution in [0.15, 0.2) is 95.9 Å². The summed E-state index contributed by atoms with van der Waals surface area (Å²) in [4.78, 5) is 13.1. The third kappa shape index (κ3) is 4.01. The van der Waals surface area contributed by atoms with Gasteiger partial charge in [-0.3, -0.25) is 9.52 Å². The van der Waals surface area contributed by atoms with Gasteiger partial charge in [-0.2, -0.15) is 0 Å². The Morgan fingerprint density at radius 1 is 0.758 bits per heavy atom. The number of amides is 1. The molecule has 0 fully saturated rings. The van der Waals surface area contributed by atoms with Crippen LogP contribution in [-0.2, 0) is 16.4 Å². The Morgan fingerprint density at radius 2 is 1.42 bits per heavy atom. The van der Waals surface area contributed by atoms with Gasteiger partial charge in [-0.15, -0.1) is 0 Å². The van der Waals surface area contributed by atoms with E-state index < -0.39 is 10.0 Å². The van der Waals surface area contributed by atoms with Crippen LogP contribution in [0.4, 0.5) is 11.4 Å². The number of hydrogen-bond acceptors (Lipinski definition) is 3. The Kier molecular flexibility index (Phi) is 5.23. The molecule has 4 aromatic carbocycles. The normalized spacial score (nSPS) is 12.0. The van der Waals surface area contributed by atoms with Crippen LogP contribution in [-0.4, -0.2) is 14.3 Å². The van der Waals surface area contributed by atoms with Crippen LogP contribution in [0.5, 0.6) is 0 Å². The van der Waals surface area contributed by atoms with Crippen molar-refractivity contribution in [1.82, 2.24) is 0 Å². The third-order valence-electron chi connectivity index (χ3n) is 5.88. The molecule has 164 valence electrons. The first-order valence-corrected chi connectivity index (χ1v) is 12.1. The number of fused-ring (bicyclic) bond motifs is 3. The van der Waals surface area contributed by atoms with Crippen LogP contribution in [0.1, 0.15) is 27.0 Å². The lowest BCUT2D eigenvalue weighted by molar-refractivity contribution is 0.102. The van der Waals surface area contributed by atoms with Gasteiger partial charge >= 0.3 is 0 Å². The van der Waals surface area contributed by atoms with Gasteiger partial charge in [0.05, 0.1) is 16.1 Å². The molecule has 1 aliphatic carbocycles. The Hall–Kier alpha value is -3.90. The number of nitrogens with one attached hydrogen (secondary N) is 2. The molecule has 0 saturated heterocycles. The number of carbonyl (C=O) groups excluding carboxylic acids is 1. The van der Waals surface area contributed by atoms with Crippen LogP contribution in [0, 0.1) is 6.92 Å². The van der Waals surface area contributed by atoms with E-state index in [1.165, 1.54) is 5.56 Å².